The van der Waals surface area contributed by atoms with Crippen molar-refractivity contribution in [3.8, 4) is 0 Å². The van der Waals surface area contributed by atoms with Gasteiger partial charge in [-0.2, -0.15) is 5.10 Å². The van der Waals surface area contributed by atoms with E-state index in [1.165, 1.54) is 16.8 Å². The fourth-order valence-corrected chi connectivity index (χ4v) is 4.67. The highest BCUT2D eigenvalue weighted by atomic mass is 79.9. The van der Waals surface area contributed by atoms with Crippen molar-refractivity contribution in [3.05, 3.63) is 45.3 Å². The van der Waals surface area contributed by atoms with E-state index < -0.39 is 0 Å². The molecule has 2 unspecified atom stereocenters. The lowest BCUT2D eigenvalue weighted by Crippen LogP contribution is -2.32. The molecule has 10 heteroatoms. The van der Waals surface area contributed by atoms with Gasteiger partial charge in [0.2, 0.25) is 11.8 Å². The van der Waals surface area contributed by atoms with E-state index in [4.69, 9.17) is 5.84 Å². The lowest BCUT2D eigenvalue weighted by atomic mass is 9.98. The van der Waals surface area contributed by atoms with E-state index >= 15 is 0 Å². The average Bonchev–Trinajstić information content (AvgIpc) is 3.10. The molecule has 2 heterocycles. The molecule has 0 aromatic heterocycles. The van der Waals surface area contributed by atoms with E-state index in [1.807, 2.05) is 29.7 Å². The van der Waals surface area contributed by atoms with Crippen LogP contribution < -0.4 is 16.0 Å². The number of fused-ring (bicyclic) bond motifs is 1. The Labute approximate surface area is 162 Å². The third-order valence-electron chi connectivity index (χ3n) is 3.82. The number of halogens is 1. The molecule has 1 fully saturated rings. The molecule has 0 spiro atoms. The van der Waals surface area contributed by atoms with E-state index in [-0.39, 0.29) is 29.5 Å². The Morgan fingerprint density at radius 2 is 2.20 bits per heavy atom. The normalized spacial score (nSPS) is 22.8. The lowest BCUT2D eigenvalue weighted by Gasteiger charge is -2.11. The van der Waals surface area contributed by atoms with E-state index in [1.54, 1.807) is 7.05 Å². The van der Waals surface area contributed by atoms with Crippen LogP contribution in [0.3, 0.4) is 0 Å². The first-order valence-electron chi connectivity index (χ1n) is 7.37. The zero-order chi connectivity index (χ0) is 18.0. The maximum Gasteiger partial charge on any atom is 0.246 e. The van der Waals surface area contributed by atoms with Crippen LogP contribution in [0.15, 0.2) is 44.8 Å². The molecule has 2 aliphatic heterocycles. The first kappa shape index (κ1) is 18.3. The van der Waals surface area contributed by atoms with Crippen LogP contribution in [0.2, 0.25) is 0 Å². The molecule has 25 heavy (non-hydrogen) atoms. The van der Waals surface area contributed by atoms with Crippen LogP contribution in [0.25, 0.3) is 0 Å². The van der Waals surface area contributed by atoms with Crippen LogP contribution in [0.1, 0.15) is 12.0 Å². The highest BCUT2D eigenvalue weighted by molar-refractivity contribution is 9.10. The Hall–Kier alpha value is -1.49. The second kappa shape index (κ2) is 7.81. The third kappa shape index (κ3) is 4.02. The van der Waals surface area contributed by atoms with Gasteiger partial charge in [0.15, 0.2) is 0 Å². The predicted octanol–water partition coefficient (Wildman–Crippen LogP) is 1.77. The minimum atomic E-state index is -0.278. The highest BCUT2D eigenvalue weighted by Crippen LogP contribution is 2.40. The van der Waals surface area contributed by atoms with Crippen molar-refractivity contribution in [3.63, 3.8) is 0 Å². The fraction of sp³-hybridized carbons (Fsp3) is 0.267. The fourth-order valence-electron chi connectivity index (χ4n) is 2.59. The Kier molecular flexibility index (Phi) is 5.72. The SMILES string of the molecule is CN1NC2SC=C(CC(=O)NS/C(=N\N)c3ccc(Br)cc3)C2C1=O. The Bertz CT molecular complexity index is 753. The number of nitrogens with one attached hydrogen (secondary N) is 2. The van der Waals surface area contributed by atoms with Crippen LogP contribution in [-0.4, -0.2) is 34.3 Å². The number of hydrogen-bond acceptors (Lipinski definition) is 7. The Morgan fingerprint density at radius 1 is 1.48 bits per heavy atom. The van der Waals surface area contributed by atoms with Gasteiger partial charge in [-0.05, 0) is 23.1 Å². The Balaban J connectivity index is 1.56. The standard InChI is InChI=1S/C15H16BrN5O2S2/c1-21-15(23)12-9(7-24-14(12)19-21)6-11(22)20-25-13(18-17)8-2-4-10(16)5-3-8/h2-5,7,12,14,19H,6,17H2,1H3,(H,20,22)/b18-13-. The van der Waals surface area contributed by atoms with Gasteiger partial charge < -0.3 is 5.84 Å². The average molecular weight is 442 g/mol. The molecule has 1 aromatic rings. The molecule has 0 aliphatic carbocycles. The van der Waals surface area contributed by atoms with Gasteiger partial charge in [-0.25, -0.2) is 5.43 Å². The van der Waals surface area contributed by atoms with Gasteiger partial charge >= 0.3 is 0 Å². The number of benzene rings is 1. The topological polar surface area (TPSA) is 99.8 Å². The maximum atomic E-state index is 12.3. The largest absolute Gasteiger partial charge is 0.322 e. The quantitative estimate of drug-likeness (QED) is 0.217. The molecular weight excluding hydrogens is 426 g/mol. The van der Waals surface area contributed by atoms with Gasteiger partial charge in [0, 0.05) is 29.0 Å². The summed E-state index contributed by atoms with van der Waals surface area (Å²) in [4.78, 5) is 24.4. The van der Waals surface area contributed by atoms with Crippen LogP contribution in [0.4, 0.5) is 0 Å². The van der Waals surface area contributed by atoms with Gasteiger partial charge in [-0.15, -0.1) is 11.8 Å². The number of amides is 2. The summed E-state index contributed by atoms with van der Waals surface area (Å²) in [5, 5.41) is 7.59. The number of carbonyl (C=O) groups is 2. The van der Waals surface area contributed by atoms with Gasteiger partial charge in [-0.1, -0.05) is 28.1 Å². The molecule has 7 nitrogen and oxygen atoms in total. The van der Waals surface area contributed by atoms with Crippen LogP contribution >= 0.6 is 39.6 Å². The highest BCUT2D eigenvalue weighted by Gasteiger charge is 2.44. The molecule has 2 atom stereocenters. The second-order valence-corrected chi connectivity index (χ2v) is 8.23. The third-order valence-corrected chi connectivity index (χ3v) is 6.32. The van der Waals surface area contributed by atoms with Crippen molar-refractivity contribution in [1.29, 1.82) is 0 Å². The van der Waals surface area contributed by atoms with Gasteiger partial charge in [0.1, 0.15) is 5.04 Å². The molecule has 132 valence electrons. The Morgan fingerprint density at radius 3 is 2.88 bits per heavy atom. The summed E-state index contributed by atoms with van der Waals surface area (Å²) in [7, 11) is 1.69. The minimum Gasteiger partial charge on any atom is -0.322 e. The van der Waals surface area contributed by atoms with Gasteiger partial charge in [0.25, 0.3) is 0 Å². The molecular formula is C15H16BrN5O2S2. The van der Waals surface area contributed by atoms with Crippen molar-refractivity contribution < 1.29 is 9.59 Å². The monoisotopic (exact) mass is 441 g/mol. The molecule has 0 saturated carbocycles. The number of hydrogen-bond donors (Lipinski definition) is 3. The minimum absolute atomic E-state index is 0.0132. The summed E-state index contributed by atoms with van der Waals surface area (Å²) in [6.45, 7) is 0. The summed E-state index contributed by atoms with van der Waals surface area (Å²) >= 11 is 5.96. The van der Waals surface area contributed by atoms with E-state index in [0.29, 0.717) is 5.04 Å². The van der Waals surface area contributed by atoms with Crippen molar-refractivity contribution in [2.24, 2.45) is 16.9 Å². The van der Waals surface area contributed by atoms with Crippen LogP contribution in [0, 0.1) is 5.92 Å². The number of thioether (sulfide) groups is 1. The lowest BCUT2D eigenvalue weighted by molar-refractivity contribution is -0.130. The predicted molar refractivity (Wildman–Crippen MR) is 104 cm³/mol. The summed E-state index contributed by atoms with van der Waals surface area (Å²) in [6, 6.07) is 7.46. The van der Waals surface area contributed by atoms with Crippen LogP contribution in [0.5, 0.6) is 0 Å². The van der Waals surface area contributed by atoms with Crippen molar-refractivity contribution in [1.82, 2.24) is 15.2 Å². The van der Waals surface area contributed by atoms with Gasteiger partial charge in [0.05, 0.1) is 17.7 Å². The molecule has 1 aromatic carbocycles. The number of carbonyl (C=O) groups excluding carboxylic acids is 2. The molecule has 4 N–H and O–H groups in total. The van der Waals surface area contributed by atoms with E-state index in [0.717, 1.165) is 27.6 Å². The number of rotatable bonds is 3. The smallest absolute Gasteiger partial charge is 0.246 e. The molecule has 2 amide bonds. The number of hydrazone groups is 1. The van der Waals surface area contributed by atoms with Crippen LogP contribution in [-0.2, 0) is 9.59 Å². The number of nitrogens with two attached hydrogens (primary N) is 1. The number of nitrogens with zero attached hydrogens (tertiary/aromatic N) is 2. The van der Waals surface area contributed by atoms with E-state index in [2.05, 4.69) is 31.2 Å². The summed E-state index contributed by atoms with van der Waals surface area (Å²) in [5.74, 6) is 4.94. The molecule has 3 rings (SSSR count). The number of hydrazine groups is 1. The van der Waals surface area contributed by atoms with Crippen molar-refractivity contribution in [2.45, 2.75) is 11.8 Å². The summed E-state index contributed by atoms with van der Waals surface area (Å²) < 4.78 is 3.69. The maximum absolute atomic E-state index is 12.3. The first-order chi connectivity index (χ1) is 12.0. The first-order valence-corrected chi connectivity index (χ1v) is 9.92. The summed E-state index contributed by atoms with van der Waals surface area (Å²) in [5.41, 5.74) is 4.71. The van der Waals surface area contributed by atoms with Crippen molar-refractivity contribution in [2.75, 3.05) is 7.05 Å². The molecule has 0 radical (unpaired) electrons. The second-order valence-electron chi connectivity index (χ2n) is 5.50. The zero-order valence-corrected chi connectivity index (χ0v) is 16.5. The summed E-state index contributed by atoms with van der Waals surface area (Å²) in [6.07, 6.45) is 0.167. The molecule has 2 aliphatic rings. The molecule has 1 saturated heterocycles. The van der Waals surface area contributed by atoms with E-state index in [9.17, 15) is 9.59 Å². The zero-order valence-electron chi connectivity index (χ0n) is 13.2. The molecule has 0 bridgehead atoms. The van der Waals surface area contributed by atoms with Crippen molar-refractivity contribution >= 4 is 56.5 Å². The van der Waals surface area contributed by atoms with Gasteiger partial charge in [-0.3, -0.25) is 19.3 Å².